The average molecular weight is 231 g/mol. The summed E-state index contributed by atoms with van der Waals surface area (Å²) in [5.41, 5.74) is 8.65. The zero-order valence-corrected chi connectivity index (χ0v) is 10.2. The minimum atomic E-state index is -0.0738. The molecule has 0 aliphatic heterocycles. The van der Waals surface area contributed by atoms with Crippen LogP contribution >= 0.6 is 0 Å². The number of aromatic nitrogens is 4. The number of aryl methyl sites for hydroxylation is 2. The first-order chi connectivity index (χ1) is 8.20. The molecule has 0 amide bonds. The molecule has 2 aromatic rings. The molecule has 2 rings (SSSR count). The van der Waals surface area contributed by atoms with Gasteiger partial charge in [-0.1, -0.05) is 31.2 Å². The summed E-state index contributed by atoms with van der Waals surface area (Å²) in [6.45, 7) is 2.13. The second-order valence-corrected chi connectivity index (χ2v) is 4.06. The molecule has 0 bridgehead atoms. The van der Waals surface area contributed by atoms with Gasteiger partial charge in [-0.15, -0.1) is 10.2 Å². The van der Waals surface area contributed by atoms with Gasteiger partial charge < -0.3 is 5.73 Å². The molecule has 0 aliphatic rings. The largest absolute Gasteiger partial charge is 0.324 e. The molecule has 1 aromatic carbocycles. The van der Waals surface area contributed by atoms with Crippen LogP contribution in [0.1, 0.15) is 29.9 Å². The number of benzene rings is 1. The summed E-state index contributed by atoms with van der Waals surface area (Å²) in [6, 6.07) is 8.16. The molecule has 1 atom stereocenters. The topological polar surface area (TPSA) is 69.6 Å². The van der Waals surface area contributed by atoms with E-state index in [1.54, 1.807) is 7.05 Å². The molecule has 0 saturated heterocycles. The van der Waals surface area contributed by atoms with Crippen molar-refractivity contribution in [2.24, 2.45) is 12.8 Å². The van der Waals surface area contributed by atoms with Crippen molar-refractivity contribution in [3.63, 3.8) is 0 Å². The van der Waals surface area contributed by atoms with Crippen molar-refractivity contribution in [1.82, 2.24) is 20.2 Å². The summed E-state index contributed by atoms with van der Waals surface area (Å²) >= 11 is 0. The van der Waals surface area contributed by atoms with Crippen molar-refractivity contribution in [1.29, 1.82) is 0 Å². The average Bonchev–Trinajstić information content (AvgIpc) is 2.74. The fourth-order valence-electron chi connectivity index (χ4n) is 1.93. The van der Waals surface area contributed by atoms with E-state index >= 15 is 0 Å². The maximum Gasteiger partial charge on any atom is 0.176 e. The highest BCUT2D eigenvalue weighted by atomic mass is 15.6. The van der Waals surface area contributed by atoms with Crippen LogP contribution in [0.15, 0.2) is 24.3 Å². The lowest BCUT2D eigenvalue weighted by atomic mass is 9.97. The second kappa shape index (κ2) is 5.05. The van der Waals surface area contributed by atoms with Crippen LogP contribution in [0.4, 0.5) is 0 Å². The quantitative estimate of drug-likeness (QED) is 0.852. The number of nitrogens with two attached hydrogens (primary N) is 1. The number of rotatable bonds is 4. The number of hydrogen-bond donors (Lipinski definition) is 1. The van der Waals surface area contributed by atoms with E-state index in [-0.39, 0.29) is 6.04 Å². The molecular formula is C12H17N5. The van der Waals surface area contributed by atoms with E-state index in [0.717, 1.165) is 6.42 Å². The number of hydrogen-bond acceptors (Lipinski definition) is 4. The van der Waals surface area contributed by atoms with Gasteiger partial charge in [-0.05, 0) is 22.8 Å². The first-order valence-electron chi connectivity index (χ1n) is 5.77. The molecule has 0 fully saturated rings. The standard InChI is InChI=1S/C12H17N5/c1-3-9-6-4-5-7-10(9)11(13)8-12-14-16-17(2)15-12/h4-7,11H,3,8,13H2,1-2H3. The van der Waals surface area contributed by atoms with E-state index in [0.29, 0.717) is 12.2 Å². The van der Waals surface area contributed by atoms with Crippen molar-refractivity contribution >= 4 is 0 Å². The molecule has 0 radical (unpaired) electrons. The highest BCUT2D eigenvalue weighted by Crippen LogP contribution is 2.18. The zero-order chi connectivity index (χ0) is 12.3. The summed E-state index contributed by atoms with van der Waals surface area (Å²) < 4.78 is 0. The smallest absolute Gasteiger partial charge is 0.176 e. The summed E-state index contributed by atoms with van der Waals surface area (Å²) in [4.78, 5) is 1.45. The maximum atomic E-state index is 6.20. The third-order valence-electron chi connectivity index (χ3n) is 2.79. The van der Waals surface area contributed by atoms with Gasteiger partial charge in [0.05, 0.1) is 7.05 Å². The van der Waals surface area contributed by atoms with Gasteiger partial charge in [-0.25, -0.2) is 0 Å². The van der Waals surface area contributed by atoms with Crippen molar-refractivity contribution in [3.8, 4) is 0 Å². The van der Waals surface area contributed by atoms with E-state index in [1.807, 2.05) is 12.1 Å². The summed E-state index contributed by atoms with van der Waals surface area (Å²) in [7, 11) is 1.75. The normalized spacial score (nSPS) is 12.6. The Hall–Kier alpha value is -1.75. The van der Waals surface area contributed by atoms with E-state index in [9.17, 15) is 0 Å². The Morgan fingerprint density at radius 2 is 2.12 bits per heavy atom. The van der Waals surface area contributed by atoms with Crippen molar-refractivity contribution < 1.29 is 0 Å². The molecule has 17 heavy (non-hydrogen) atoms. The van der Waals surface area contributed by atoms with Gasteiger partial charge in [0.25, 0.3) is 0 Å². The molecule has 0 saturated carbocycles. The monoisotopic (exact) mass is 231 g/mol. The number of tetrazole rings is 1. The predicted octanol–water partition coefficient (Wildman–Crippen LogP) is 1.02. The van der Waals surface area contributed by atoms with Crippen LogP contribution in [0.3, 0.4) is 0 Å². The lowest BCUT2D eigenvalue weighted by molar-refractivity contribution is 0.622. The Labute approximate surface area is 101 Å². The molecule has 1 unspecified atom stereocenters. The van der Waals surface area contributed by atoms with Gasteiger partial charge in [0.2, 0.25) is 0 Å². The predicted molar refractivity (Wildman–Crippen MR) is 65.3 cm³/mol. The van der Waals surface area contributed by atoms with Crippen LogP contribution in [0.2, 0.25) is 0 Å². The highest BCUT2D eigenvalue weighted by molar-refractivity contribution is 5.30. The third kappa shape index (κ3) is 2.68. The Morgan fingerprint density at radius 1 is 1.35 bits per heavy atom. The highest BCUT2D eigenvalue weighted by Gasteiger charge is 2.13. The van der Waals surface area contributed by atoms with Crippen LogP contribution in [-0.2, 0) is 19.9 Å². The first kappa shape index (κ1) is 11.7. The molecule has 90 valence electrons. The van der Waals surface area contributed by atoms with Gasteiger partial charge >= 0.3 is 0 Å². The van der Waals surface area contributed by atoms with E-state index in [2.05, 4.69) is 34.5 Å². The molecule has 0 spiro atoms. The molecular weight excluding hydrogens is 214 g/mol. The third-order valence-corrected chi connectivity index (χ3v) is 2.79. The summed E-state index contributed by atoms with van der Waals surface area (Å²) in [6.07, 6.45) is 1.60. The lowest BCUT2D eigenvalue weighted by Gasteiger charge is -2.13. The van der Waals surface area contributed by atoms with E-state index < -0.39 is 0 Å². The van der Waals surface area contributed by atoms with E-state index in [1.165, 1.54) is 15.9 Å². The van der Waals surface area contributed by atoms with Crippen LogP contribution in [0, 0.1) is 0 Å². The number of nitrogens with zero attached hydrogens (tertiary/aromatic N) is 4. The second-order valence-electron chi connectivity index (χ2n) is 4.06. The minimum absolute atomic E-state index is 0.0738. The van der Waals surface area contributed by atoms with E-state index in [4.69, 9.17) is 5.73 Å². The Kier molecular flexibility index (Phi) is 3.49. The molecule has 2 N–H and O–H groups in total. The van der Waals surface area contributed by atoms with Gasteiger partial charge in [0, 0.05) is 12.5 Å². The fourth-order valence-corrected chi connectivity index (χ4v) is 1.93. The summed E-state index contributed by atoms with van der Waals surface area (Å²) in [5.74, 6) is 0.686. The van der Waals surface area contributed by atoms with Gasteiger partial charge in [0.15, 0.2) is 5.82 Å². The fraction of sp³-hybridized carbons (Fsp3) is 0.417. The first-order valence-corrected chi connectivity index (χ1v) is 5.77. The van der Waals surface area contributed by atoms with Crippen molar-refractivity contribution in [2.75, 3.05) is 0 Å². The van der Waals surface area contributed by atoms with Crippen LogP contribution in [0.25, 0.3) is 0 Å². The van der Waals surface area contributed by atoms with Crippen molar-refractivity contribution in [2.45, 2.75) is 25.8 Å². The zero-order valence-electron chi connectivity index (χ0n) is 10.2. The van der Waals surface area contributed by atoms with Crippen LogP contribution in [-0.4, -0.2) is 20.2 Å². The van der Waals surface area contributed by atoms with Gasteiger partial charge in [0.1, 0.15) is 0 Å². The molecule has 5 heteroatoms. The maximum absolute atomic E-state index is 6.20. The minimum Gasteiger partial charge on any atom is -0.324 e. The van der Waals surface area contributed by atoms with Crippen LogP contribution < -0.4 is 5.73 Å². The van der Waals surface area contributed by atoms with Crippen molar-refractivity contribution in [3.05, 3.63) is 41.2 Å². The van der Waals surface area contributed by atoms with Gasteiger partial charge in [-0.2, -0.15) is 4.80 Å². The summed E-state index contributed by atoms with van der Waals surface area (Å²) in [5, 5.41) is 11.9. The Balaban J connectivity index is 2.16. The lowest BCUT2D eigenvalue weighted by Crippen LogP contribution is -2.16. The molecule has 5 nitrogen and oxygen atoms in total. The SMILES string of the molecule is CCc1ccccc1C(N)Cc1nnn(C)n1. The van der Waals surface area contributed by atoms with Gasteiger partial charge in [-0.3, -0.25) is 0 Å². The molecule has 1 heterocycles. The van der Waals surface area contributed by atoms with Crippen LogP contribution in [0.5, 0.6) is 0 Å². The molecule has 1 aromatic heterocycles. The Bertz CT molecular complexity index is 491. The Morgan fingerprint density at radius 3 is 2.76 bits per heavy atom. The molecule has 0 aliphatic carbocycles.